The molecule has 1 amide bonds. The van der Waals surface area contributed by atoms with Crippen molar-refractivity contribution in [3.63, 3.8) is 0 Å². The predicted octanol–water partition coefficient (Wildman–Crippen LogP) is 2.95. The van der Waals surface area contributed by atoms with Crippen LogP contribution in [0, 0.1) is 6.92 Å². The monoisotopic (exact) mass is 416 g/mol. The van der Waals surface area contributed by atoms with E-state index >= 15 is 0 Å². The summed E-state index contributed by atoms with van der Waals surface area (Å²) in [4.78, 5) is 19.3. The molecule has 5 rings (SSSR count). The lowest BCUT2D eigenvalue weighted by Crippen LogP contribution is -2.23. The molecule has 1 saturated heterocycles. The second-order valence-electron chi connectivity index (χ2n) is 7.98. The first-order valence-electron chi connectivity index (χ1n) is 10.4. The molecule has 1 aliphatic rings. The Kier molecular flexibility index (Phi) is 5.21. The van der Waals surface area contributed by atoms with E-state index in [0.717, 1.165) is 49.0 Å². The average molecular weight is 416 g/mol. The third-order valence-electron chi connectivity index (χ3n) is 5.68. The summed E-state index contributed by atoms with van der Waals surface area (Å²) in [5.41, 5.74) is 2.53. The van der Waals surface area contributed by atoms with Crippen LogP contribution in [0.4, 0.5) is 0 Å². The predicted molar refractivity (Wildman–Crippen MR) is 114 cm³/mol. The molecule has 0 unspecified atom stereocenters. The molecule has 4 aromatic heterocycles. The van der Waals surface area contributed by atoms with Gasteiger partial charge in [0.05, 0.1) is 12.1 Å². The minimum absolute atomic E-state index is 0.153. The van der Waals surface area contributed by atoms with Crippen LogP contribution in [0.3, 0.4) is 0 Å². The van der Waals surface area contributed by atoms with E-state index in [1.807, 2.05) is 48.0 Å². The molecule has 1 fully saturated rings. The maximum atomic E-state index is 12.7. The molecule has 0 bridgehead atoms. The van der Waals surface area contributed by atoms with Gasteiger partial charge in [-0.05, 0) is 55.8 Å². The first-order valence-corrected chi connectivity index (χ1v) is 10.4. The second-order valence-corrected chi connectivity index (χ2v) is 7.98. The quantitative estimate of drug-likeness (QED) is 0.520. The highest BCUT2D eigenvalue weighted by Crippen LogP contribution is 2.27. The Morgan fingerprint density at radius 1 is 1.23 bits per heavy atom. The zero-order valence-electron chi connectivity index (χ0n) is 17.4. The maximum absolute atomic E-state index is 12.7. The van der Waals surface area contributed by atoms with E-state index in [9.17, 15) is 4.79 Å². The van der Waals surface area contributed by atoms with Gasteiger partial charge in [0.25, 0.3) is 5.91 Å². The highest BCUT2D eigenvalue weighted by Gasteiger charge is 2.28. The van der Waals surface area contributed by atoms with Crippen LogP contribution in [0.15, 0.2) is 59.4 Å². The topological polar surface area (TPSA) is 88.6 Å². The van der Waals surface area contributed by atoms with Gasteiger partial charge in [-0.25, -0.2) is 0 Å². The molecule has 5 heterocycles. The normalized spacial score (nSPS) is 16.7. The standard InChI is InChI=1S/C23H24N6O2/c1-16-4-6-20(31-16)12-25-23(30)19-5-7-21-26-27-22(29(21)15-19)18-8-10-28(14-18)13-17-3-2-9-24-11-17/h2-7,9,11,15,18H,8,10,12-14H2,1H3,(H,25,30)/t18-/m0/s1. The van der Waals surface area contributed by atoms with Crippen LogP contribution in [0.25, 0.3) is 5.65 Å². The zero-order chi connectivity index (χ0) is 21.2. The smallest absolute Gasteiger partial charge is 0.253 e. The number of pyridine rings is 2. The number of furan rings is 1. The molecule has 1 aliphatic heterocycles. The Bertz CT molecular complexity index is 1200. The van der Waals surface area contributed by atoms with Gasteiger partial charge in [0.2, 0.25) is 0 Å². The number of hydrogen-bond donors (Lipinski definition) is 1. The van der Waals surface area contributed by atoms with Crippen molar-refractivity contribution in [2.45, 2.75) is 32.4 Å². The van der Waals surface area contributed by atoms with Crippen molar-refractivity contribution in [3.8, 4) is 0 Å². The number of amides is 1. The van der Waals surface area contributed by atoms with Crippen molar-refractivity contribution in [1.82, 2.24) is 29.8 Å². The lowest BCUT2D eigenvalue weighted by Gasteiger charge is -2.15. The fourth-order valence-corrected chi connectivity index (χ4v) is 4.11. The fraction of sp³-hybridized carbons (Fsp3) is 0.304. The number of carbonyl (C=O) groups is 1. The van der Waals surface area contributed by atoms with E-state index in [2.05, 4.69) is 31.5 Å². The Labute approximate surface area is 179 Å². The SMILES string of the molecule is Cc1ccc(CNC(=O)c2ccc3nnc([C@H]4CCN(Cc5cccnc5)C4)n3c2)o1. The number of hydrogen-bond acceptors (Lipinski definition) is 6. The molecule has 0 saturated carbocycles. The summed E-state index contributed by atoms with van der Waals surface area (Å²) in [6.07, 6.45) is 6.54. The summed E-state index contributed by atoms with van der Waals surface area (Å²) >= 11 is 0. The van der Waals surface area contributed by atoms with Crippen LogP contribution in [0.1, 0.15) is 45.6 Å². The third-order valence-corrected chi connectivity index (χ3v) is 5.68. The Morgan fingerprint density at radius 3 is 2.97 bits per heavy atom. The number of nitrogens with zero attached hydrogens (tertiary/aromatic N) is 5. The van der Waals surface area contributed by atoms with Gasteiger partial charge in [-0.3, -0.25) is 19.1 Å². The van der Waals surface area contributed by atoms with E-state index < -0.39 is 0 Å². The van der Waals surface area contributed by atoms with Crippen LogP contribution < -0.4 is 5.32 Å². The van der Waals surface area contributed by atoms with Crippen LogP contribution in [0.5, 0.6) is 0 Å². The summed E-state index contributed by atoms with van der Waals surface area (Å²) < 4.78 is 7.47. The average Bonchev–Trinajstić information content (AvgIpc) is 3.52. The van der Waals surface area contributed by atoms with Crippen molar-refractivity contribution < 1.29 is 9.21 Å². The minimum Gasteiger partial charge on any atom is -0.465 e. The van der Waals surface area contributed by atoms with Gasteiger partial charge in [-0.1, -0.05) is 6.07 Å². The lowest BCUT2D eigenvalue weighted by molar-refractivity contribution is 0.0947. The Hall–Kier alpha value is -3.52. The van der Waals surface area contributed by atoms with Gasteiger partial charge in [0.15, 0.2) is 5.65 Å². The molecular weight excluding hydrogens is 392 g/mol. The van der Waals surface area contributed by atoms with Crippen molar-refractivity contribution in [2.24, 2.45) is 0 Å². The van der Waals surface area contributed by atoms with Crippen LogP contribution in [-0.2, 0) is 13.1 Å². The maximum Gasteiger partial charge on any atom is 0.253 e. The van der Waals surface area contributed by atoms with Gasteiger partial charge in [-0.2, -0.15) is 0 Å². The number of nitrogens with one attached hydrogen (secondary N) is 1. The summed E-state index contributed by atoms with van der Waals surface area (Å²) in [6, 6.07) is 11.4. The Morgan fingerprint density at radius 2 is 2.16 bits per heavy atom. The molecule has 158 valence electrons. The van der Waals surface area contributed by atoms with E-state index in [0.29, 0.717) is 12.1 Å². The third kappa shape index (κ3) is 4.20. The number of aryl methyl sites for hydroxylation is 1. The van der Waals surface area contributed by atoms with Crippen molar-refractivity contribution in [2.75, 3.05) is 13.1 Å². The zero-order valence-corrected chi connectivity index (χ0v) is 17.4. The Balaban J connectivity index is 1.29. The van der Waals surface area contributed by atoms with E-state index in [1.54, 1.807) is 12.3 Å². The van der Waals surface area contributed by atoms with Gasteiger partial charge in [0.1, 0.15) is 17.3 Å². The highest BCUT2D eigenvalue weighted by molar-refractivity contribution is 5.94. The molecule has 1 atom stereocenters. The van der Waals surface area contributed by atoms with Crippen molar-refractivity contribution in [1.29, 1.82) is 0 Å². The van der Waals surface area contributed by atoms with E-state index in [4.69, 9.17) is 4.42 Å². The molecule has 8 nitrogen and oxygen atoms in total. The molecule has 0 aromatic carbocycles. The number of likely N-dealkylation sites (tertiary alicyclic amines) is 1. The molecule has 0 radical (unpaired) electrons. The van der Waals surface area contributed by atoms with Gasteiger partial charge >= 0.3 is 0 Å². The van der Waals surface area contributed by atoms with Crippen molar-refractivity contribution in [3.05, 3.63) is 83.5 Å². The number of carbonyl (C=O) groups excluding carboxylic acids is 1. The first-order chi connectivity index (χ1) is 15.2. The second kappa shape index (κ2) is 8.31. The molecule has 0 aliphatic carbocycles. The molecule has 31 heavy (non-hydrogen) atoms. The van der Waals surface area contributed by atoms with Crippen LogP contribution >= 0.6 is 0 Å². The van der Waals surface area contributed by atoms with Crippen LogP contribution in [0.2, 0.25) is 0 Å². The molecule has 0 spiro atoms. The number of aromatic nitrogens is 4. The van der Waals surface area contributed by atoms with Crippen molar-refractivity contribution >= 4 is 11.6 Å². The summed E-state index contributed by atoms with van der Waals surface area (Å²) in [6.45, 7) is 5.02. The van der Waals surface area contributed by atoms with E-state index in [-0.39, 0.29) is 11.8 Å². The fourth-order valence-electron chi connectivity index (χ4n) is 4.11. The molecule has 8 heteroatoms. The number of fused-ring (bicyclic) bond motifs is 1. The molecule has 4 aromatic rings. The summed E-state index contributed by atoms with van der Waals surface area (Å²) in [5.74, 6) is 2.59. The van der Waals surface area contributed by atoms with Gasteiger partial charge in [0, 0.05) is 37.6 Å². The minimum atomic E-state index is -0.153. The molecular formula is C23H24N6O2. The first kappa shape index (κ1) is 19.4. The van der Waals surface area contributed by atoms with Gasteiger partial charge < -0.3 is 9.73 Å². The lowest BCUT2D eigenvalue weighted by atomic mass is 10.1. The van der Waals surface area contributed by atoms with E-state index in [1.165, 1.54) is 5.56 Å². The van der Waals surface area contributed by atoms with Gasteiger partial charge in [-0.15, -0.1) is 10.2 Å². The molecule has 1 N–H and O–H groups in total. The van der Waals surface area contributed by atoms with Crippen LogP contribution in [-0.4, -0.2) is 43.5 Å². The largest absolute Gasteiger partial charge is 0.465 e. The highest BCUT2D eigenvalue weighted by atomic mass is 16.3. The summed E-state index contributed by atoms with van der Waals surface area (Å²) in [5, 5.41) is 11.7. The number of rotatable bonds is 6. The summed E-state index contributed by atoms with van der Waals surface area (Å²) in [7, 11) is 0.